The van der Waals surface area contributed by atoms with Crippen molar-refractivity contribution in [1.29, 1.82) is 0 Å². The zero-order chi connectivity index (χ0) is 20.5. The molecule has 1 fully saturated rings. The molecule has 0 saturated carbocycles. The number of hydrogen-bond acceptors (Lipinski definition) is 4. The molecule has 2 amide bonds. The number of rotatable bonds is 5. The third kappa shape index (κ3) is 3.61. The number of hydrogen-bond donors (Lipinski definition) is 0. The van der Waals surface area contributed by atoms with Crippen LogP contribution in [0.25, 0.3) is 0 Å². The van der Waals surface area contributed by atoms with Crippen molar-refractivity contribution in [3.8, 4) is 0 Å². The van der Waals surface area contributed by atoms with Gasteiger partial charge in [-0.2, -0.15) is 5.10 Å². The van der Waals surface area contributed by atoms with Crippen LogP contribution in [-0.4, -0.2) is 46.4 Å². The molecule has 0 spiro atoms. The van der Waals surface area contributed by atoms with Gasteiger partial charge in [0.25, 0.3) is 5.91 Å². The van der Waals surface area contributed by atoms with E-state index in [1.165, 1.54) is 0 Å². The van der Waals surface area contributed by atoms with Crippen LogP contribution >= 0.6 is 0 Å². The summed E-state index contributed by atoms with van der Waals surface area (Å²) in [6.07, 6.45) is 2.93. The van der Waals surface area contributed by atoms with Crippen molar-refractivity contribution in [2.24, 2.45) is 5.92 Å². The Kier molecular flexibility index (Phi) is 5.30. The molecule has 0 radical (unpaired) electrons. The van der Waals surface area contributed by atoms with Crippen LogP contribution in [0.15, 0.2) is 24.4 Å². The first-order valence-corrected chi connectivity index (χ1v) is 10.4. The highest BCUT2D eigenvalue weighted by Gasteiger charge is 2.30. The fourth-order valence-corrected chi connectivity index (χ4v) is 4.26. The Labute approximate surface area is 171 Å². The molecule has 154 valence electrons. The minimum atomic E-state index is -0.290. The lowest BCUT2D eigenvalue weighted by molar-refractivity contribution is 0.0733. The number of aromatic nitrogens is 2. The first kappa shape index (κ1) is 19.5. The van der Waals surface area contributed by atoms with Gasteiger partial charge in [0.1, 0.15) is 6.61 Å². The first-order chi connectivity index (χ1) is 14.0. The molecule has 7 nitrogen and oxygen atoms in total. The standard InChI is InChI=1S/C22H28N4O3/c1-4-19-18(12-23-26(19)13-15(2)3)21(27)24-9-8-17-16(14-24)6-5-7-20(17)25-10-11-29-22(25)28/h5-7,12,15H,4,8-11,13-14H2,1-3H3. The topological polar surface area (TPSA) is 67.7 Å². The number of nitrogens with zero attached hydrogens (tertiary/aromatic N) is 4. The molecule has 29 heavy (non-hydrogen) atoms. The van der Waals surface area contributed by atoms with Crippen LogP contribution in [0.4, 0.5) is 10.5 Å². The second-order valence-corrected chi connectivity index (χ2v) is 8.09. The largest absolute Gasteiger partial charge is 0.447 e. The van der Waals surface area contributed by atoms with Gasteiger partial charge in [0, 0.05) is 19.6 Å². The maximum absolute atomic E-state index is 13.3. The summed E-state index contributed by atoms with van der Waals surface area (Å²) in [5, 5.41) is 4.47. The Morgan fingerprint density at radius 2 is 2.10 bits per heavy atom. The monoisotopic (exact) mass is 396 g/mol. The van der Waals surface area contributed by atoms with E-state index in [4.69, 9.17) is 4.74 Å². The molecule has 1 aromatic carbocycles. The summed E-state index contributed by atoms with van der Waals surface area (Å²) < 4.78 is 7.06. The highest BCUT2D eigenvalue weighted by molar-refractivity contribution is 5.95. The van der Waals surface area contributed by atoms with Gasteiger partial charge in [-0.05, 0) is 36.0 Å². The van der Waals surface area contributed by atoms with Crippen LogP contribution < -0.4 is 4.90 Å². The van der Waals surface area contributed by atoms with Crippen molar-refractivity contribution in [3.63, 3.8) is 0 Å². The normalized spacial score (nSPS) is 16.3. The van der Waals surface area contributed by atoms with Gasteiger partial charge in [-0.15, -0.1) is 0 Å². The molecule has 0 aliphatic carbocycles. The summed E-state index contributed by atoms with van der Waals surface area (Å²) >= 11 is 0. The fourth-order valence-electron chi connectivity index (χ4n) is 4.26. The maximum Gasteiger partial charge on any atom is 0.414 e. The third-order valence-corrected chi connectivity index (χ3v) is 5.63. The summed E-state index contributed by atoms with van der Waals surface area (Å²) in [4.78, 5) is 28.9. The quantitative estimate of drug-likeness (QED) is 0.778. The molecule has 0 bridgehead atoms. The van der Waals surface area contributed by atoms with Gasteiger partial charge in [-0.25, -0.2) is 4.79 Å². The number of cyclic esters (lactones) is 1. The van der Waals surface area contributed by atoms with Crippen LogP contribution in [0, 0.1) is 5.92 Å². The number of ether oxygens (including phenoxy) is 1. The van der Waals surface area contributed by atoms with Crippen molar-refractivity contribution < 1.29 is 14.3 Å². The van der Waals surface area contributed by atoms with Crippen molar-refractivity contribution in [2.75, 3.05) is 24.6 Å². The van der Waals surface area contributed by atoms with E-state index in [1.54, 1.807) is 11.1 Å². The molecule has 7 heteroatoms. The lowest BCUT2D eigenvalue weighted by Gasteiger charge is -2.31. The van der Waals surface area contributed by atoms with E-state index < -0.39 is 0 Å². The predicted molar refractivity (Wildman–Crippen MR) is 110 cm³/mol. The van der Waals surface area contributed by atoms with Gasteiger partial charge in [-0.3, -0.25) is 14.4 Å². The summed E-state index contributed by atoms with van der Waals surface area (Å²) in [6, 6.07) is 5.96. The van der Waals surface area contributed by atoms with Gasteiger partial charge in [0.05, 0.1) is 29.7 Å². The molecule has 2 aliphatic rings. The molecule has 2 aliphatic heterocycles. The number of anilines is 1. The highest BCUT2D eigenvalue weighted by atomic mass is 16.6. The third-order valence-electron chi connectivity index (χ3n) is 5.63. The Balaban J connectivity index is 1.57. The van der Waals surface area contributed by atoms with Gasteiger partial charge in [0.2, 0.25) is 0 Å². The molecule has 2 aromatic rings. The summed E-state index contributed by atoms with van der Waals surface area (Å²) in [7, 11) is 0. The number of fused-ring (bicyclic) bond motifs is 1. The lowest BCUT2D eigenvalue weighted by Crippen LogP contribution is -2.37. The number of benzene rings is 1. The van der Waals surface area contributed by atoms with E-state index in [-0.39, 0.29) is 12.0 Å². The average Bonchev–Trinajstić information content (AvgIpc) is 3.31. The summed E-state index contributed by atoms with van der Waals surface area (Å²) in [6.45, 7) is 9.36. The smallest absolute Gasteiger partial charge is 0.414 e. The van der Waals surface area contributed by atoms with E-state index in [0.29, 0.717) is 37.7 Å². The predicted octanol–water partition coefficient (Wildman–Crippen LogP) is 3.26. The van der Waals surface area contributed by atoms with E-state index >= 15 is 0 Å². The summed E-state index contributed by atoms with van der Waals surface area (Å²) in [5.74, 6) is 0.509. The molecular weight excluding hydrogens is 368 g/mol. The molecule has 0 atom stereocenters. The molecule has 1 saturated heterocycles. The molecule has 0 unspecified atom stereocenters. The lowest BCUT2D eigenvalue weighted by atomic mass is 9.96. The van der Waals surface area contributed by atoms with Gasteiger partial charge in [-0.1, -0.05) is 32.9 Å². The molecular formula is C22H28N4O3. The second-order valence-electron chi connectivity index (χ2n) is 8.09. The number of carbonyl (C=O) groups excluding carboxylic acids is 2. The molecule has 0 N–H and O–H groups in total. The number of amides is 2. The minimum Gasteiger partial charge on any atom is -0.447 e. The van der Waals surface area contributed by atoms with E-state index in [1.807, 2.05) is 27.8 Å². The molecule has 1 aromatic heterocycles. The Morgan fingerprint density at radius 3 is 2.79 bits per heavy atom. The van der Waals surface area contributed by atoms with E-state index in [0.717, 1.165) is 41.9 Å². The average molecular weight is 396 g/mol. The van der Waals surface area contributed by atoms with Crippen molar-refractivity contribution in [3.05, 3.63) is 46.8 Å². The fraction of sp³-hybridized carbons (Fsp3) is 0.500. The Morgan fingerprint density at radius 1 is 1.28 bits per heavy atom. The van der Waals surface area contributed by atoms with Gasteiger partial charge >= 0.3 is 6.09 Å². The molecule has 3 heterocycles. The van der Waals surface area contributed by atoms with Crippen LogP contribution in [0.1, 0.15) is 48.0 Å². The van der Waals surface area contributed by atoms with Crippen LogP contribution in [0.5, 0.6) is 0 Å². The van der Waals surface area contributed by atoms with Gasteiger partial charge < -0.3 is 9.64 Å². The maximum atomic E-state index is 13.3. The van der Waals surface area contributed by atoms with Crippen LogP contribution in [0.3, 0.4) is 0 Å². The van der Waals surface area contributed by atoms with E-state index in [9.17, 15) is 9.59 Å². The van der Waals surface area contributed by atoms with Crippen LogP contribution in [0.2, 0.25) is 0 Å². The molecule has 4 rings (SSSR count). The van der Waals surface area contributed by atoms with Gasteiger partial charge in [0.15, 0.2) is 0 Å². The summed E-state index contributed by atoms with van der Waals surface area (Å²) in [5.41, 5.74) is 4.85. The van der Waals surface area contributed by atoms with Crippen molar-refractivity contribution in [1.82, 2.24) is 14.7 Å². The number of carbonyl (C=O) groups is 2. The Hall–Kier alpha value is -2.83. The van der Waals surface area contributed by atoms with Crippen molar-refractivity contribution in [2.45, 2.75) is 46.7 Å². The van der Waals surface area contributed by atoms with E-state index in [2.05, 4.69) is 25.9 Å². The van der Waals surface area contributed by atoms with Crippen LogP contribution in [-0.2, 0) is 30.7 Å². The zero-order valence-corrected chi connectivity index (χ0v) is 17.4. The zero-order valence-electron chi connectivity index (χ0n) is 17.4. The SMILES string of the molecule is CCc1c(C(=O)N2CCc3c(cccc3N3CCOC3=O)C2)cnn1CC(C)C. The Bertz CT molecular complexity index is 934. The first-order valence-electron chi connectivity index (χ1n) is 10.4. The highest BCUT2D eigenvalue weighted by Crippen LogP contribution is 2.31. The second kappa shape index (κ2) is 7.89. The van der Waals surface area contributed by atoms with Crippen molar-refractivity contribution >= 4 is 17.7 Å². The minimum absolute atomic E-state index is 0.0356.